The lowest BCUT2D eigenvalue weighted by molar-refractivity contribution is 1.53. The Morgan fingerprint density at radius 1 is 0.300 bits per heavy atom. The Bertz CT molecular complexity index is 1240. The van der Waals surface area contributed by atoms with Gasteiger partial charge in [-0.3, -0.25) is 0 Å². The van der Waals surface area contributed by atoms with Crippen LogP contribution in [-0.2, 0) is 0 Å². The first-order valence-corrected chi connectivity index (χ1v) is 9.73. The van der Waals surface area contributed by atoms with Gasteiger partial charge in [0, 0.05) is 27.8 Å². The first-order chi connectivity index (χ1) is 14.9. The van der Waals surface area contributed by atoms with E-state index in [9.17, 15) is 0 Å². The molecule has 0 aliphatic carbocycles. The van der Waals surface area contributed by atoms with Crippen LogP contribution in [0.4, 0.5) is 0 Å². The predicted molar refractivity (Wildman–Crippen MR) is 124 cm³/mol. The SMILES string of the molecule is C(#Cc1cccc(C#Cc2ccccc2)c1C#Cc1ccccc1)c1ccccc1. The van der Waals surface area contributed by atoms with Gasteiger partial charge in [-0.1, -0.05) is 96.2 Å². The van der Waals surface area contributed by atoms with Crippen molar-refractivity contribution in [2.24, 2.45) is 0 Å². The van der Waals surface area contributed by atoms with Gasteiger partial charge in [-0.15, -0.1) is 0 Å². The molecule has 0 aliphatic heterocycles. The first kappa shape index (κ1) is 18.9. The number of rotatable bonds is 0. The third-order valence-corrected chi connectivity index (χ3v) is 4.40. The van der Waals surface area contributed by atoms with Crippen LogP contribution in [0, 0.1) is 35.5 Å². The van der Waals surface area contributed by atoms with Crippen molar-refractivity contribution in [1.82, 2.24) is 0 Å². The van der Waals surface area contributed by atoms with Crippen molar-refractivity contribution < 1.29 is 0 Å². The van der Waals surface area contributed by atoms with Gasteiger partial charge in [0.2, 0.25) is 0 Å². The molecule has 0 bridgehead atoms. The lowest BCUT2D eigenvalue weighted by atomic mass is 10.0. The molecule has 138 valence electrons. The Morgan fingerprint density at radius 2 is 0.667 bits per heavy atom. The third kappa shape index (κ3) is 5.09. The maximum atomic E-state index is 3.32. The lowest BCUT2D eigenvalue weighted by Gasteiger charge is -2.01. The van der Waals surface area contributed by atoms with E-state index in [1.165, 1.54) is 0 Å². The second-order valence-electron chi connectivity index (χ2n) is 6.58. The third-order valence-electron chi connectivity index (χ3n) is 4.40. The summed E-state index contributed by atoms with van der Waals surface area (Å²) in [4.78, 5) is 0. The van der Waals surface area contributed by atoms with Crippen LogP contribution in [0.5, 0.6) is 0 Å². The predicted octanol–water partition coefficient (Wildman–Crippen LogP) is 5.89. The second-order valence-corrected chi connectivity index (χ2v) is 6.58. The van der Waals surface area contributed by atoms with Crippen molar-refractivity contribution >= 4 is 0 Å². The summed E-state index contributed by atoms with van der Waals surface area (Å²) in [6.45, 7) is 0. The molecular formula is C30H18. The normalized spacial score (nSPS) is 9.20. The Balaban J connectivity index is 1.79. The van der Waals surface area contributed by atoms with E-state index in [2.05, 4.69) is 35.5 Å². The van der Waals surface area contributed by atoms with E-state index in [4.69, 9.17) is 0 Å². The van der Waals surface area contributed by atoms with Crippen molar-refractivity contribution in [2.45, 2.75) is 0 Å². The van der Waals surface area contributed by atoms with E-state index >= 15 is 0 Å². The minimum atomic E-state index is 0.855. The Kier molecular flexibility index (Phi) is 6.09. The van der Waals surface area contributed by atoms with Crippen LogP contribution in [0.2, 0.25) is 0 Å². The molecule has 0 aliphatic rings. The Morgan fingerprint density at radius 3 is 1.07 bits per heavy atom. The molecule has 0 heteroatoms. The van der Waals surface area contributed by atoms with Crippen LogP contribution in [0.3, 0.4) is 0 Å². The maximum Gasteiger partial charge on any atom is 0.0562 e. The molecule has 0 radical (unpaired) electrons. The molecule has 0 fully saturated rings. The number of hydrogen-bond donors (Lipinski definition) is 0. The van der Waals surface area contributed by atoms with Gasteiger partial charge in [-0.25, -0.2) is 0 Å². The molecule has 0 atom stereocenters. The van der Waals surface area contributed by atoms with Gasteiger partial charge in [0.15, 0.2) is 0 Å². The van der Waals surface area contributed by atoms with Crippen molar-refractivity contribution in [3.8, 4) is 35.5 Å². The van der Waals surface area contributed by atoms with Crippen LogP contribution in [0.15, 0.2) is 109 Å². The fourth-order valence-corrected chi connectivity index (χ4v) is 2.87. The van der Waals surface area contributed by atoms with E-state index in [0.717, 1.165) is 33.4 Å². The molecule has 0 spiro atoms. The van der Waals surface area contributed by atoms with Crippen LogP contribution < -0.4 is 0 Å². The van der Waals surface area contributed by atoms with E-state index in [1.54, 1.807) is 0 Å². The Hall–Kier alpha value is -4.44. The summed E-state index contributed by atoms with van der Waals surface area (Å²) in [5.74, 6) is 19.6. The van der Waals surface area contributed by atoms with Gasteiger partial charge >= 0.3 is 0 Å². The van der Waals surface area contributed by atoms with E-state index < -0.39 is 0 Å². The van der Waals surface area contributed by atoms with Crippen LogP contribution in [0.1, 0.15) is 33.4 Å². The van der Waals surface area contributed by atoms with Crippen LogP contribution >= 0.6 is 0 Å². The molecule has 0 unspecified atom stereocenters. The summed E-state index contributed by atoms with van der Waals surface area (Å²) in [6, 6.07) is 35.9. The standard InChI is InChI=1S/C30H18/c1-4-11-25(12-5-1)19-22-28-17-10-18-29(23-20-26-13-6-2-7-14-26)30(28)24-21-27-15-8-3-9-16-27/h1-18H. The molecule has 4 rings (SSSR count). The van der Waals surface area contributed by atoms with Gasteiger partial charge in [-0.2, -0.15) is 0 Å². The van der Waals surface area contributed by atoms with E-state index in [-0.39, 0.29) is 0 Å². The Labute approximate surface area is 178 Å². The summed E-state index contributed by atoms with van der Waals surface area (Å²) in [6.07, 6.45) is 0. The van der Waals surface area contributed by atoms with Gasteiger partial charge in [-0.05, 0) is 48.5 Å². The second kappa shape index (κ2) is 9.66. The average Bonchev–Trinajstić information content (AvgIpc) is 2.82. The molecule has 0 amide bonds. The zero-order valence-corrected chi connectivity index (χ0v) is 16.4. The summed E-state index contributed by atoms with van der Waals surface area (Å²) in [5, 5.41) is 0. The maximum absolute atomic E-state index is 3.32. The average molecular weight is 378 g/mol. The zero-order valence-electron chi connectivity index (χ0n) is 16.4. The quantitative estimate of drug-likeness (QED) is 0.335. The highest BCUT2D eigenvalue weighted by molar-refractivity contribution is 5.62. The smallest absolute Gasteiger partial charge is 0.0562 e. The van der Waals surface area contributed by atoms with Crippen LogP contribution in [-0.4, -0.2) is 0 Å². The molecular weight excluding hydrogens is 360 g/mol. The van der Waals surface area contributed by atoms with E-state index in [0.29, 0.717) is 0 Å². The monoisotopic (exact) mass is 378 g/mol. The van der Waals surface area contributed by atoms with E-state index in [1.807, 2.05) is 109 Å². The van der Waals surface area contributed by atoms with Gasteiger partial charge in [0.25, 0.3) is 0 Å². The summed E-state index contributed by atoms with van der Waals surface area (Å²) < 4.78 is 0. The van der Waals surface area contributed by atoms with Gasteiger partial charge < -0.3 is 0 Å². The summed E-state index contributed by atoms with van der Waals surface area (Å²) in [7, 11) is 0. The van der Waals surface area contributed by atoms with Gasteiger partial charge in [0.05, 0.1) is 5.56 Å². The zero-order chi connectivity index (χ0) is 20.4. The fraction of sp³-hybridized carbons (Fsp3) is 0. The minimum Gasteiger partial charge on any atom is -0.0622 e. The molecule has 0 saturated heterocycles. The largest absolute Gasteiger partial charge is 0.0622 e. The molecule has 4 aromatic rings. The first-order valence-electron chi connectivity index (χ1n) is 9.73. The highest BCUT2D eigenvalue weighted by Crippen LogP contribution is 2.14. The molecule has 0 saturated carbocycles. The molecule has 0 aromatic heterocycles. The lowest BCUT2D eigenvalue weighted by Crippen LogP contribution is -1.90. The molecule has 0 nitrogen and oxygen atoms in total. The van der Waals surface area contributed by atoms with Crippen molar-refractivity contribution in [3.63, 3.8) is 0 Å². The van der Waals surface area contributed by atoms with Crippen molar-refractivity contribution in [1.29, 1.82) is 0 Å². The molecule has 4 aromatic carbocycles. The number of hydrogen-bond acceptors (Lipinski definition) is 0. The van der Waals surface area contributed by atoms with Crippen LogP contribution in [0.25, 0.3) is 0 Å². The van der Waals surface area contributed by atoms with Gasteiger partial charge in [0.1, 0.15) is 0 Å². The topological polar surface area (TPSA) is 0 Å². The molecule has 0 heterocycles. The molecule has 0 N–H and O–H groups in total. The van der Waals surface area contributed by atoms with Crippen molar-refractivity contribution in [2.75, 3.05) is 0 Å². The fourth-order valence-electron chi connectivity index (χ4n) is 2.87. The highest BCUT2D eigenvalue weighted by atomic mass is 14.0. The highest BCUT2D eigenvalue weighted by Gasteiger charge is 2.03. The summed E-state index contributed by atoms with van der Waals surface area (Å²) in [5.41, 5.74) is 5.52. The van der Waals surface area contributed by atoms with Crippen molar-refractivity contribution in [3.05, 3.63) is 143 Å². The number of benzene rings is 4. The molecule has 30 heavy (non-hydrogen) atoms. The summed E-state index contributed by atoms with van der Waals surface area (Å²) >= 11 is 0. The minimum absolute atomic E-state index is 0.855.